The number of rotatable bonds is 8. The molecule has 1 aliphatic heterocycles. The van der Waals surface area contributed by atoms with E-state index in [9.17, 15) is 24.6 Å². The van der Waals surface area contributed by atoms with Gasteiger partial charge in [0.2, 0.25) is 5.43 Å². The number of H-pyrrole nitrogens is 3. The SMILES string of the molecule is C=Cc1c2cc(C)c(cc3[nH]c(c(CCC(=O)O)c3C)c(=O)c3nc(c(CC)c4cc(C)c1[nH]4)C(C)=C3CCC(=O)O)[nH]2. The van der Waals surface area contributed by atoms with Crippen molar-refractivity contribution in [3.63, 3.8) is 0 Å². The van der Waals surface area contributed by atoms with Crippen molar-refractivity contribution < 1.29 is 19.8 Å². The number of carboxylic acid groups (broad SMARTS) is 2. The van der Waals surface area contributed by atoms with Gasteiger partial charge in [0, 0.05) is 46.0 Å². The number of aliphatic carboxylic acids is 2. The summed E-state index contributed by atoms with van der Waals surface area (Å²) >= 11 is 0. The number of aromatic amines is 3. The molecule has 1 aliphatic rings. The second-order valence-electron chi connectivity index (χ2n) is 11.2. The Morgan fingerprint density at radius 2 is 1.47 bits per heavy atom. The number of nitrogens with one attached hydrogen (secondary N) is 3. The van der Waals surface area contributed by atoms with Gasteiger partial charge >= 0.3 is 11.9 Å². The zero-order valence-corrected chi connectivity index (χ0v) is 25.1. The lowest BCUT2D eigenvalue weighted by Gasteiger charge is -2.04. The van der Waals surface area contributed by atoms with Crippen LogP contribution in [0.4, 0.5) is 0 Å². The van der Waals surface area contributed by atoms with Crippen molar-refractivity contribution in [1.29, 1.82) is 0 Å². The minimum absolute atomic E-state index is 0.142. The Morgan fingerprint density at radius 3 is 2.12 bits per heavy atom. The number of carboxylic acids is 2. The fraction of sp³-hybridized carbons (Fsp3) is 0.294. The topological polar surface area (TPSA) is 152 Å². The first-order chi connectivity index (χ1) is 20.4. The van der Waals surface area contributed by atoms with Crippen molar-refractivity contribution in [1.82, 2.24) is 19.9 Å². The molecule has 8 bridgehead atoms. The molecular weight excluding hydrogens is 544 g/mol. The predicted molar refractivity (Wildman–Crippen MR) is 172 cm³/mol. The molecule has 5 N–H and O–H groups in total. The van der Waals surface area contributed by atoms with Crippen molar-refractivity contribution in [3.05, 3.63) is 79.8 Å². The van der Waals surface area contributed by atoms with Crippen molar-refractivity contribution in [2.75, 3.05) is 0 Å². The van der Waals surface area contributed by atoms with Crippen LogP contribution < -0.4 is 5.43 Å². The molecule has 0 aliphatic carbocycles. The average molecular weight is 581 g/mol. The Bertz CT molecular complexity index is 2050. The summed E-state index contributed by atoms with van der Waals surface area (Å²) in [7, 11) is 0. The van der Waals surface area contributed by atoms with E-state index in [0.29, 0.717) is 28.8 Å². The Labute approximate surface area is 248 Å². The molecule has 0 spiro atoms. The van der Waals surface area contributed by atoms with Gasteiger partial charge in [0.05, 0.1) is 16.7 Å². The van der Waals surface area contributed by atoms with E-state index in [4.69, 9.17) is 4.98 Å². The summed E-state index contributed by atoms with van der Waals surface area (Å²) < 4.78 is 0. The summed E-state index contributed by atoms with van der Waals surface area (Å²) in [6.45, 7) is 13.9. The third kappa shape index (κ3) is 5.27. The summed E-state index contributed by atoms with van der Waals surface area (Å²) in [5, 5.41) is 19.0. The summed E-state index contributed by atoms with van der Waals surface area (Å²) in [5.74, 6) is -1.93. The monoisotopic (exact) mass is 580 g/mol. The molecule has 5 heterocycles. The molecule has 0 fully saturated rings. The number of allylic oxidation sites excluding steroid dienone is 2. The normalized spacial score (nSPS) is 12.3. The number of hydrogen-bond donors (Lipinski definition) is 5. The van der Waals surface area contributed by atoms with E-state index < -0.39 is 11.9 Å². The summed E-state index contributed by atoms with van der Waals surface area (Å²) in [5.41, 5.74) is 11.5. The third-order valence-electron chi connectivity index (χ3n) is 8.44. The second-order valence-corrected chi connectivity index (χ2v) is 11.2. The largest absolute Gasteiger partial charge is 0.481 e. The molecule has 0 saturated heterocycles. The van der Waals surface area contributed by atoms with E-state index in [1.807, 2.05) is 46.8 Å². The first kappa shape index (κ1) is 29.6. The Hall–Kier alpha value is -4.92. The van der Waals surface area contributed by atoms with Crippen LogP contribution in [-0.2, 0) is 22.4 Å². The van der Waals surface area contributed by atoms with Crippen LogP contribution in [0.2, 0.25) is 0 Å². The highest BCUT2D eigenvalue weighted by Gasteiger charge is 2.24. The quantitative estimate of drug-likeness (QED) is 0.154. The molecule has 0 unspecified atom stereocenters. The maximum atomic E-state index is 14.3. The van der Waals surface area contributed by atoms with E-state index in [0.717, 1.165) is 55.5 Å². The second kappa shape index (κ2) is 11.4. The lowest BCUT2D eigenvalue weighted by Crippen LogP contribution is -2.10. The lowest BCUT2D eigenvalue weighted by atomic mass is 9.98. The molecular formula is C34H36N4O5. The minimum Gasteiger partial charge on any atom is -0.481 e. The van der Waals surface area contributed by atoms with Gasteiger partial charge in [-0.15, -0.1) is 0 Å². The number of hydrogen-bond acceptors (Lipinski definition) is 4. The van der Waals surface area contributed by atoms with Gasteiger partial charge in [-0.3, -0.25) is 14.4 Å². The van der Waals surface area contributed by atoms with E-state index in [-0.39, 0.29) is 42.3 Å². The summed E-state index contributed by atoms with van der Waals surface area (Å²) in [4.78, 5) is 52.8. The molecule has 0 aromatic carbocycles. The highest BCUT2D eigenvalue weighted by atomic mass is 16.4. The van der Waals surface area contributed by atoms with Crippen molar-refractivity contribution >= 4 is 62.3 Å². The van der Waals surface area contributed by atoms with Gasteiger partial charge in [-0.2, -0.15) is 0 Å². The van der Waals surface area contributed by atoms with Crippen LogP contribution in [0.5, 0.6) is 0 Å². The van der Waals surface area contributed by atoms with Gasteiger partial charge < -0.3 is 25.2 Å². The summed E-state index contributed by atoms with van der Waals surface area (Å²) in [6.07, 6.45) is 2.44. The molecule has 4 aromatic rings. The fourth-order valence-corrected chi connectivity index (χ4v) is 6.10. The van der Waals surface area contributed by atoms with Crippen LogP contribution >= 0.6 is 0 Å². The summed E-state index contributed by atoms with van der Waals surface area (Å²) in [6, 6.07) is 6.05. The van der Waals surface area contributed by atoms with Gasteiger partial charge in [-0.1, -0.05) is 19.6 Å². The van der Waals surface area contributed by atoms with Crippen LogP contribution in [0.15, 0.2) is 29.6 Å². The van der Waals surface area contributed by atoms with Crippen LogP contribution in [-0.4, -0.2) is 42.1 Å². The highest BCUT2D eigenvalue weighted by molar-refractivity contribution is 5.95. The third-order valence-corrected chi connectivity index (χ3v) is 8.44. The van der Waals surface area contributed by atoms with E-state index in [1.54, 1.807) is 0 Å². The van der Waals surface area contributed by atoms with Gasteiger partial charge in [-0.05, 0) is 98.6 Å². The number of carbonyl (C=O) groups is 2. The van der Waals surface area contributed by atoms with Crippen LogP contribution in [0.1, 0.15) is 77.9 Å². The van der Waals surface area contributed by atoms with E-state index in [2.05, 4.69) is 33.7 Å². The molecule has 0 amide bonds. The molecule has 0 saturated carbocycles. The number of fused-ring (bicyclic) bond motifs is 8. The first-order valence-corrected chi connectivity index (χ1v) is 14.4. The smallest absolute Gasteiger partial charge is 0.303 e. The molecule has 9 heteroatoms. The number of aryl methyl sites for hydroxylation is 5. The number of aromatic nitrogens is 4. The fourth-order valence-electron chi connectivity index (χ4n) is 6.10. The minimum atomic E-state index is -0.967. The lowest BCUT2D eigenvalue weighted by molar-refractivity contribution is -0.137. The Balaban J connectivity index is 2.04. The number of nitrogens with zero attached hydrogens (tertiary/aromatic N) is 1. The maximum absolute atomic E-state index is 14.3. The van der Waals surface area contributed by atoms with Crippen LogP contribution in [0, 0.1) is 20.8 Å². The first-order valence-electron chi connectivity index (χ1n) is 14.4. The van der Waals surface area contributed by atoms with Crippen LogP contribution in [0.25, 0.3) is 50.3 Å². The highest BCUT2D eigenvalue weighted by Crippen LogP contribution is 2.35. The zero-order chi connectivity index (χ0) is 31.2. The molecule has 0 radical (unpaired) electrons. The Morgan fingerprint density at radius 1 is 0.814 bits per heavy atom. The van der Waals surface area contributed by atoms with Gasteiger partial charge in [0.15, 0.2) is 0 Å². The van der Waals surface area contributed by atoms with Gasteiger partial charge in [0.25, 0.3) is 0 Å². The Kier molecular flexibility index (Phi) is 7.84. The average Bonchev–Trinajstić information content (AvgIpc) is 3.68. The standard InChI is InChI=1S/C34H36N4O5/c1-7-20-26-13-16(3)24(35-26)15-25-18(5)22(9-11-28(39)40)32(36-25)34(43)33-23(10-12-29(41)42)19(6)31(38-33)21(8-2)27-14-17(4)30(20)37-27/h7,13-15,35-37H,1,8-12H2,2-6H3,(H,39,40)(H,41,42). The predicted octanol–water partition coefficient (Wildman–Crippen LogP) is 6.83. The van der Waals surface area contributed by atoms with Crippen LogP contribution in [0.3, 0.4) is 0 Å². The van der Waals surface area contributed by atoms with Crippen molar-refractivity contribution in [3.8, 4) is 0 Å². The molecule has 0 atom stereocenters. The molecule has 43 heavy (non-hydrogen) atoms. The molecule has 222 valence electrons. The molecule has 5 rings (SSSR count). The zero-order valence-electron chi connectivity index (χ0n) is 25.1. The van der Waals surface area contributed by atoms with Gasteiger partial charge in [-0.25, -0.2) is 4.98 Å². The van der Waals surface area contributed by atoms with Crippen molar-refractivity contribution in [2.24, 2.45) is 0 Å². The molecule has 9 nitrogen and oxygen atoms in total. The van der Waals surface area contributed by atoms with E-state index in [1.165, 1.54) is 0 Å². The van der Waals surface area contributed by atoms with E-state index >= 15 is 0 Å². The van der Waals surface area contributed by atoms with Gasteiger partial charge in [0.1, 0.15) is 5.69 Å². The molecule has 4 aromatic heterocycles. The maximum Gasteiger partial charge on any atom is 0.303 e. The van der Waals surface area contributed by atoms with Crippen molar-refractivity contribution in [2.45, 2.75) is 66.7 Å².